The molecule has 4 fully saturated rings. The number of hydrogen-bond acceptors (Lipinski definition) is 9. The molecule has 0 spiro atoms. The van der Waals surface area contributed by atoms with E-state index < -0.39 is 0 Å². The fraction of sp³-hybridized carbons (Fsp3) is 0.480. The van der Waals surface area contributed by atoms with Crippen molar-refractivity contribution in [1.29, 1.82) is 0 Å². The summed E-state index contributed by atoms with van der Waals surface area (Å²) in [5.74, 6) is 2.30. The smallest absolute Gasteiger partial charge is 0.229 e. The topological polar surface area (TPSA) is 93.1 Å². The van der Waals surface area contributed by atoms with Crippen molar-refractivity contribution in [3.8, 4) is 17.0 Å². The zero-order valence-electron chi connectivity index (χ0n) is 19.3. The number of aliphatic hydroxyl groups excluding tert-OH is 1. The molecular formula is C25H29N5O4. The average molecular weight is 464 g/mol. The van der Waals surface area contributed by atoms with Gasteiger partial charge in [-0.25, -0.2) is 4.98 Å². The van der Waals surface area contributed by atoms with Crippen molar-refractivity contribution in [2.75, 3.05) is 56.4 Å². The molecule has 4 aliphatic heterocycles. The van der Waals surface area contributed by atoms with Gasteiger partial charge < -0.3 is 29.1 Å². The first-order chi connectivity index (χ1) is 16.7. The predicted molar refractivity (Wildman–Crippen MR) is 128 cm³/mol. The highest BCUT2D eigenvalue weighted by Crippen LogP contribution is 2.34. The van der Waals surface area contributed by atoms with Crippen LogP contribution >= 0.6 is 0 Å². The molecule has 178 valence electrons. The summed E-state index contributed by atoms with van der Waals surface area (Å²) < 4.78 is 16.8. The van der Waals surface area contributed by atoms with Crippen molar-refractivity contribution in [1.82, 2.24) is 15.0 Å². The van der Waals surface area contributed by atoms with Crippen molar-refractivity contribution >= 4 is 22.8 Å². The lowest BCUT2D eigenvalue weighted by Gasteiger charge is -2.45. The summed E-state index contributed by atoms with van der Waals surface area (Å²) in [6.45, 7) is 4.40. The van der Waals surface area contributed by atoms with Gasteiger partial charge in [-0.2, -0.15) is 9.97 Å². The minimum Gasteiger partial charge on any atom is -0.496 e. The quantitative estimate of drug-likeness (QED) is 0.612. The third-order valence-electron chi connectivity index (χ3n) is 7.03. The van der Waals surface area contributed by atoms with Crippen LogP contribution in [0.15, 0.2) is 30.3 Å². The molecule has 1 N–H and O–H groups in total. The van der Waals surface area contributed by atoms with Crippen LogP contribution in [0.4, 0.5) is 11.8 Å². The molecule has 2 aromatic heterocycles. The second-order valence-electron chi connectivity index (χ2n) is 9.04. The Morgan fingerprint density at radius 2 is 1.97 bits per heavy atom. The van der Waals surface area contributed by atoms with Crippen LogP contribution in [0, 0.1) is 0 Å². The number of anilines is 2. The number of methoxy groups -OCH3 is 1. The van der Waals surface area contributed by atoms with Gasteiger partial charge in [-0.15, -0.1) is 0 Å². The average Bonchev–Trinajstić information content (AvgIpc) is 2.92. The molecule has 1 aromatic carbocycles. The zero-order chi connectivity index (χ0) is 23.1. The van der Waals surface area contributed by atoms with Crippen molar-refractivity contribution in [3.63, 3.8) is 0 Å². The number of fused-ring (bicyclic) bond motifs is 4. The summed E-state index contributed by atoms with van der Waals surface area (Å²) in [7, 11) is 1.60. The molecule has 9 nitrogen and oxygen atoms in total. The van der Waals surface area contributed by atoms with Gasteiger partial charge in [0.15, 0.2) is 5.65 Å². The van der Waals surface area contributed by atoms with Gasteiger partial charge in [0.05, 0.1) is 56.8 Å². The highest BCUT2D eigenvalue weighted by Gasteiger charge is 2.36. The van der Waals surface area contributed by atoms with Crippen molar-refractivity contribution < 1.29 is 19.3 Å². The lowest BCUT2D eigenvalue weighted by molar-refractivity contribution is -0.0231. The standard InChI is InChI=1S/C25H29N5O4/c1-32-22-7-2-16(12-17(22)14-31)21-6-5-20-23(26-21)27-25(28-24(20)29-8-10-33-11-9-29)30-13-19-4-3-18(30)15-34-19/h2,5-7,12,18-19,31H,3-4,8-11,13-15H2,1H3. The van der Waals surface area contributed by atoms with Crippen LogP contribution in [0.1, 0.15) is 18.4 Å². The first kappa shape index (κ1) is 21.5. The summed E-state index contributed by atoms with van der Waals surface area (Å²) in [6.07, 6.45) is 2.44. The highest BCUT2D eigenvalue weighted by molar-refractivity contribution is 5.90. The molecule has 0 saturated carbocycles. The van der Waals surface area contributed by atoms with Gasteiger partial charge >= 0.3 is 0 Å². The van der Waals surface area contributed by atoms with Gasteiger partial charge in [0.25, 0.3) is 0 Å². The SMILES string of the molecule is COc1ccc(-c2ccc3c(N4CCOCC4)nc(N4CC5CCC4CO5)nc3n2)cc1CO. The van der Waals surface area contributed by atoms with E-state index >= 15 is 0 Å². The zero-order valence-corrected chi connectivity index (χ0v) is 19.3. The van der Waals surface area contributed by atoms with Crippen molar-refractivity contribution in [2.45, 2.75) is 31.6 Å². The molecule has 4 saturated heterocycles. The Morgan fingerprint density at radius 3 is 2.68 bits per heavy atom. The largest absolute Gasteiger partial charge is 0.496 e. The minimum atomic E-state index is -0.0995. The fourth-order valence-corrected chi connectivity index (χ4v) is 5.15. The van der Waals surface area contributed by atoms with Crippen LogP contribution < -0.4 is 14.5 Å². The molecule has 6 heterocycles. The monoisotopic (exact) mass is 463 g/mol. The molecule has 0 amide bonds. The molecule has 2 atom stereocenters. The Kier molecular flexibility index (Phi) is 5.68. The van der Waals surface area contributed by atoms with E-state index in [4.69, 9.17) is 29.2 Å². The maximum absolute atomic E-state index is 9.75. The Hall–Kier alpha value is -3.01. The van der Waals surface area contributed by atoms with Gasteiger partial charge in [-0.1, -0.05) is 0 Å². The second kappa shape index (κ2) is 8.98. The molecule has 34 heavy (non-hydrogen) atoms. The Morgan fingerprint density at radius 1 is 1.09 bits per heavy atom. The maximum Gasteiger partial charge on any atom is 0.229 e. The summed E-state index contributed by atoms with van der Waals surface area (Å²) in [6, 6.07) is 10.1. The number of aromatic nitrogens is 3. The minimum absolute atomic E-state index is 0.0995. The summed E-state index contributed by atoms with van der Waals surface area (Å²) in [4.78, 5) is 19.5. The Bertz CT molecular complexity index is 1190. The number of ether oxygens (including phenoxy) is 3. The summed E-state index contributed by atoms with van der Waals surface area (Å²) >= 11 is 0. The molecule has 0 radical (unpaired) electrons. The molecule has 2 unspecified atom stereocenters. The maximum atomic E-state index is 9.75. The number of morpholine rings is 2. The van der Waals surface area contributed by atoms with E-state index in [9.17, 15) is 5.11 Å². The number of rotatable bonds is 5. The molecule has 4 aliphatic rings. The first-order valence-electron chi connectivity index (χ1n) is 11.9. The van der Waals surface area contributed by atoms with Gasteiger partial charge in [0, 0.05) is 30.8 Å². The lowest BCUT2D eigenvalue weighted by atomic mass is 9.97. The van der Waals surface area contributed by atoms with Crippen molar-refractivity contribution in [2.24, 2.45) is 0 Å². The van der Waals surface area contributed by atoms with Crippen LogP contribution in [0.25, 0.3) is 22.3 Å². The summed E-state index contributed by atoms with van der Waals surface area (Å²) in [5.41, 5.74) is 3.10. The number of aliphatic hydroxyl groups is 1. The van der Waals surface area contributed by atoms with Crippen molar-refractivity contribution in [3.05, 3.63) is 35.9 Å². The number of hydrogen-bond donors (Lipinski definition) is 1. The van der Waals surface area contributed by atoms with Crippen LogP contribution in [0.3, 0.4) is 0 Å². The van der Waals surface area contributed by atoms with E-state index in [1.807, 2.05) is 24.3 Å². The highest BCUT2D eigenvalue weighted by atomic mass is 16.5. The van der Waals surface area contributed by atoms with Crippen LogP contribution in [-0.2, 0) is 16.1 Å². The number of nitrogens with zero attached hydrogens (tertiary/aromatic N) is 5. The third kappa shape index (κ3) is 3.83. The first-order valence-corrected chi connectivity index (χ1v) is 11.9. The molecule has 9 heteroatoms. The Balaban J connectivity index is 1.46. The molecular weight excluding hydrogens is 434 g/mol. The number of pyridine rings is 1. The lowest BCUT2D eigenvalue weighted by Crippen LogP contribution is -2.55. The van der Waals surface area contributed by atoms with Gasteiger partial charge in [-0.3, -0.25) is 0 Å². The van der Waals surface area contributed by atoms with E-state index in [1.165, 1.54) is 0 Å². The van der Waals surface area contributed by atoms with Crippen LogP contribution in [0.5, 0.6) is 5.75 Å². The predicted octanol–water partition coefficient (Wildman–Crippen LogP) is 2.40. The van der Waals surface area contributed by atoms with E-state index in [0.717, 1.165) is 73.1 Å². The second-order valence-corrected chi connectivity index (χ2v) is 9.04. The van der Waals surface area contributed by atoms with Crippen LogP contribution in [-0.4, -0.2) is 78.8 Å². The Labute approximate surface area is 198 Å². The third-order valence-corrected chi connectivity index (χ3v) is 7.03. The summed E-state index contributed by atoms with van der Waals surface area (Å²) in [5, 5.41) is 10.7. The normalized spacial score (nSPS) is 22.4. The van der Waals surface area contributed by atoms with Gasteiger partial charge in [0.2, 0.25) is 5.95 Å². The van der Waals surface area contributed by atoms with E-state index in [0.29, 0.717) is 30.7 Å². The molecule has 3 aromatic rings. The van der Waals surface area contributed by atoms with E-state index in [1.54, 1.807) is 7.11 Å². The number of piperidine rings is 1. The molecule has 7 rings (SSSR count). The fourth-order valence-electron chi connectivity index (χ4n) is 5.15. The van der Waals surface area contributed by atoms with E-state index in [-0.39, 0.29) is 12.7 Å². The van der Waals surface area contributed by atoms with Crippen LogP contribution in [0.2, 0.25) is 0 Å². The van der Waals surface area contributed by atoms with Gasteiger partial charge in [0.1, 0.15) is 11.6 Å². The van der Waals surface area contributed by atoms with E-state index in [2.05, 4.69) is 15.9 Å². The molecule has 2 bridgehead atoms. The molecule has 0 aliphatic carbocycles. The van der Waals surface area contributed by atoms with Gasteiger partial charge in [-0.05, 0) is 43.2 Å². The number of benzene rings is 1.